The normalized spacial score (nSPS) is 12.3. The monoisotopic (exact) mass is 366 g/mol. The van der Waals surface area contributed by atoms with Gasteiger partial charge in [0.25, 0.3) is 0 Å². The lowest BCUT2D eigenvalue weighted by atomic mass is 10.1. The first-order chi connectivity index (χ1) is 11.7. The lowest BCUT2D eigenvalue weighted by Gasteiger charge is -2.15. The van der Waals surface area contributed by atoms with E-state index < -0.39 is 21.6 Å². The van der Waals surface area contributed by atoms with Gasteiger partial charge in [0, 0.05) is 11.8 Å². The molecule has 4 nitrogen and oxygen atoms in total. The van der Waals surface area contributed by atoms with Gasteiger partial charge in [0.15, 0.2) is 9.84 Å². The molecule has 3 rings (SSSR count). The molecule has 0 atom stereocenters. The molecule has 0 aliphatic carbocycles. The summed E-state index contributed by atoms with van der Waals surface area (Å²) in [5, 5.41) is 4.01. The Morgan fingerprint density at radius 1 is 0.960 bits per heavy atom. The van der Waals surface area contributed by atoms with Gasteiger partial charge in [-0.15, -0.1) is 0 Å². The fourth-order valence-corrected chi connectivity index (χ4v) is 3.12. The van der Waals surface area contributed by atoms with E-state index in [9.17, 15) is 21.6 Å². The average molecular weight is 366 g/mol. The van der Waals surface area contributed by atoms with Crippen molar-refractivity contribution in [3.05, 3.63) is 66.4 Å². The number of nitrogens with zero attached hydrogens (tertiary/aromatic N) is 2. The summed E-state index contributed by atoms with van der Waals surface area (Å²) in [6, 6.07) is 12.6. The zero-order chi connectivity index (χ0) is 18.2. The van der Waals surface area contributed by atoms with Gasteiger partial charge in [0.1, 0.15) is 0 Å². The van der Waals surface area contributed by atoms with Crippen molar-refractivity contribution < 1.29 is 21.6 Å². The lowest BCUT2D eigenvalue weighted by Crippen LogP contribution is -2.12. The van der Waals surface area contributed by atoms with Gasteiger partial charge < -0.3 is 0 Å². The van der Waals surface area contributed by atoms with Crippen LogP contribution >= 0.6 is 0 Å². The predicted octanol–water partition coefficient (Wildman–Crippen LogP) is 3.96. The molecule has 0 aliphatic rings. The van der Waals surface area contributed by atoms with E-state index in [1.165, 1.54) is 41.2 Å². The van der Waals surface area contributed by atoms with Crippen LogP contribution in [0.15, 0.2) is 65.7 Å². The molecule has 0 saturated heterocycles. The van der Waals surface area contributed by atoms with Gasteiger partial charge in [-0.1, -0.05) is 24.3 Å². The van der Waals surface area contributed by atoms with Crippen molar-refractivity contribution in [2.45, 2.75) is 11.1 Å². The molecular weight excluding hydrogens is 353 g/mol. The van der Waals surface area contributed by atoms with Crippen LogP contribution in [-0.4, -0.2) is 24.5 Å². The second-order valence-corrected chi connectivity index (χ2v) is 7.46. The molecular formula is C17H13F3N2O2S. The minimum atomic E-state index is -4.51. The third-order valence-electron chi connectivity index (χ3n) is 3.66. The molecule has 1 aromatic heterocycles. The molecule has 0 radical (unpaired) electrons. The number of aromatic nitrogens is 2. The fraction of sp³-hybridized carbons (Fsp3) is 0.118. The van der Waals surface area contributed by atoms with Crippen LogP contribution in [0.25, 0.3) is 16.9 Å². The maximum absolute atomic E-state index is 13.3. The molecule has 0 saturated carbocycles. The van der Waals surface area contributed by atoms with Gasteiger partial charge in [0.05, 0.1) is 28.0 Å². The minimum absolute atomic E-state index is 0.0952. The summed E-state index contributed by atoms with van der Waals surface area (Å²) in [5.74, 6) is 0. The van der Waals surface area contributed by atoms with Gasteiger partial charge in [-0.3, -0.25) is 0 Å². The van der Waals surface area contributed by atoms with Gasteiger partial charge in [-0.2, -0.15) is 18.3 Å². The van der Waals surface area contributed by atoms with Crippen LogP contribution in [0.3, 0.4) is 0 Å². The van der Waals surface area contributed by atoms with Gasteiger partial charge in [-0.05, 0) is 30.3 Å². The number of hydrogen-bond donors (Lipinski definition) is 0. The van der Waals surface area contributed by atoms with E-state index in [1.807, 2.05) is 0 Å². The van der Waals surface area contributed by atoms with E-state index in [0.717, 1.165) is 12.3 Å². The van der Waals surface area contributed by atoms with Crippen LogP contribution in [0.2, 0.25) is 0 Å². The zero-order valence-corrected chi connectivity index (χ0v) is 13.8. The van der Waals surface area contributed by atoms with Crippen LogP contribution < -0.4 is 0 Å². The zero-order valence-electron chi connectivity index (χ0n) is 13.0. The van der Waals surface area contributed by atoms with Crippen molar-refractivity contribution in [1.82, 2.24) is 9.78 Å². The average Bonchev–Trinajstić information content (AvgIpc) is 3.03. The first-order valence-corrected chi connectivity index (χ1v) is 9.08. The van der Waals surface area contributed by atoms with E-state index in [0.29, 0.717) is 11.3 Å². The van der Waals surface area contributed by atoms with Crippen LogP contribution in [0.5, 0.6) is 0 Å². The molecule has 0 fully saturated rings. The van der Waals surface area contributed by atoms with Gasteiger partial charge >= 0.3 is 6.18 Å². The first kappa shape index (κ1) is 17.2. The number of benzene rings is 2. The summed E-state index contributed by atoms with van der Waals surface area (Å²) in [6.07, 6.45) is -2.03. The topological polar surface area (TPSA) is 52.0 Å². The lowest BCUT2D eigenvalue weighted by molar-refractivity contribution is -0.137. The smallest absolute Gasteiger partial charge is 0.232 e. The summed E-state index contributed by atoms with van der Waals surface area (Å²) < 4.78 is 64.0. The molecule has 0 unspecified atom stereocenters. The van der Waals surface area contributed by atoms with Crippen molar-refractivity contribution in [3.8, 4) is 16.9 Å². The summed E-state index contributed by atoms with van der Waals surface area (Å²) in [7, 11) is -3.35. The van der Waals surface area contributed by atoms with E-state index in [-0.39, 0.29) is 10.6 Å². The van der Waals surface area contributed by atoms with Crippen LogP contribution in [-0.2, 0) is 16.0 Å². The Morgan fingerprint density at radius 3 is 2.20 bits per heavy atom. The standard InChI is InChI=1S/C17H13F3N2O2S/c1-25(23,24)13-8-6-12(7-9-13)15-10-11-21-22(15)16-5-3-2-4-14(16)17(18,19)20/h2-11H,1H3. The predicted molar refractivity (Wildman–Crippen MR) is 87.1 cm³/mol. The second-order valence-electron chi connectivity index (χ2n) is 5.44. The Hall–Kier alpha value is -2.61. The van der Waals surface area contributed by atoms with Crippen LogP contribution in [0.1, 0.15) is 5.56 Å². The molecule has 1 heterocycles. The highest BCUT2D eigenvalue weighted by atomic mass is 32.2. The SMILES string of the molecule is CS(=O)(=O)c1ccc(-c2ccnn2-c2ccccc2C(F)(F)F)cc1. The maximum Gasteiger partial charge on any atom is 0.418 e. The Labute approximate surface area is 142 Å². The Kier molecular flexibility index (Phi) is 4.16. The van der Waals surface area contributed by atoms with E-state index in [1.54, 1.807) is 18.2 Å². The Bertz CT molecular complexity index is 1010. The number of rotatable bonds is 3. The molecule has 2 aromatic carbocycles. The highest BCUT2D eigenvalue weighted by molar-refractivity contribution is 7.90. The Balaban J connectivity index is 2.12. The number of sulfone groups is 1. The summed E-state index contributed by atoms with van der Waals surface area (Å²) in [6.45, 7) is 0. The molecule has 0 aliphatic heterocycles. The van der Waals surface area contributed by atoms with Crippen molar-refractivity contribution in [1.29, 1.82) is 0 Å². The number of halogens is 3. The number of para-hydroxylation sites is 1. The summed E-state index contributed by atoms with van der Waals surface area (Å²) in [5.41, 5.74) is 0.0912. The van der Waals surface area contributed by atoms with Crippen molar-refractivity contribution >= 4 is 9.84 Å². The van der Waals surface area contributed by atoms with Gasteiger partial charge in [0.2, 0.25) is 0 Å². The third-order valence-corrected chi connectivity index (χ3v) is 4.79. The molecule has 0 spiro atoms. The van der Waals surface area contributed by atoms with Crippen molar-refractivity contribution in [2.24, 2.45) is 0 Å². The fourth-order valence-electron chi connectivity index (χ4n) is 2.48. The van der Waals surface area contributed by atoms with Crippen molar-refractivity contribution in [2.75, 3.05) is 6.26 Å². The third kappa shape index (κ3) is 3.43. The molecule has 25 heavy (non-hydrogen) atoms. The molecule has 0 amide bonds. The largest absolute Gasteiger partial charge is 0.418 e. The molecule has 0 N–H and O–H groups in total. The number of alkyl halides is 3. The highest BCUT2D eigenvalue weighted by Crippen LogP contribution is 2.35. The minimum Gasteiger partial charge on any atom is -0.232 e. The first-order valence-electron chi connectivity index (χ1n) is 7.19. The van der Waals surface area contributed by atoms with Crippen molar-refractivity contribution in [3.63, 3.8) is 0 Å². The van der Waals surface area contributed by atoms with Gasteiger partial charge in [-0.25, -0.2) is 13.1 Å². The van der Waals surface area contributed by atoms with Crippen LogP contribution in [0.4, 0.5) is 13.2 Å². The summed E-state index contributed by atoms with van der Waals surface area (Å²) >= 11 is 0. The van der Waals surface area contributed by atoms with E-state index in [2.05, 4.69) is 5.10 Å². The summed E-state index contributed by atoms with van der Waals surface area (Å²) in [4.78, 5) is 0.137. The number of hydrogen-bond acceptors (Lipinski definition) is 3. The highest BCUT2D eigenvalue weighted by Gasteiger charge is 2.34. The van der Waals surface area contributed by atoms with E-state index in [4.69, 9.17) is 0 Å². The second kappa shape index (κ2) is 6.03. The molecule has 0 bridgehead atoms. The molecule has 130 valence electrons. The molecule has 8 heteroatoms. The van der Waals surface area contributed by atoms with Crippen LogP contribution in [0, 0.1) is 0 Å². The molecule has 3 aromatic rings. The maximum atomic E-state index is 13.3. The van der Waals surface area contributed by atoms with E-state index >= 15 is 0 Å². The quantitative estimate of drug-likeness (QED) is 0.705. The Morgan fingerprint density at radius 2 is 1.60 bits per heavy atom.